The fourth-order valence-corrected chi connectivity index (χ4v) is 12.9. The van der Waals surface area contributed by atoms with Gasteiger partial charge in [0.05, 0.1) is 86.5 Å². The lowest BCUT2D eigenvalue weighted by atomic mass is 10.1. The second-order valence-corrected chi connectivity index (χ2v) is 16.9. The highest BCUT2D eigenvalue weighted by Gasteiger charge is 2.31. The van der Waals surface area contributed by atoms with Gasteiger partial charge in [0.15, 0.2) is 0 Å². The Kier molecular flexibility index (Phi) is 21.6. The van der Waals surface area contributed by atoms with Crippen LogP contribution in [0.5, 0.6) is 0 Å². The molecule has 6 amide bonds. The maximum absolute atomic E-state index is 13.4. The van der Waals surface area contributed by atoms with E-state index in [9.17, 15) is 49.2 Å². The van der Waals surface area contributed by atoms with Crippen LogP contribution in [-0.4, -0.2) is 131 Å². The van der Waals surface area contributed by atoms with E-state index in [1.807, 2.05) is 0 Å². The molecule has 2 atom stereocenters. The number of nitrogens with one attached hydrogen (secondary N) is 6. The van der Waals surface area contributed by atoms with Crippen LogP contribution in [0.15, 0.2) is 0 Å². The quantitative estimate of drug-likeness (QED) is 0.0689. The first kappa shape index (κ1) is 48.5. The number of amides is 6. The molecule has 2 aromatic carbocycles. The van der Waals surface area contributed by atoms with Crippen LogP contribution >= 0.6 is 136 Å². The summed E-state index contributed by atoms with van der Waals surface area (Å²) in [7, 11) is 0. The molecule has 292 valence electrons. The van der Waals surface area contributed by atoms with Gasteiger partial charge in [-0.25, -0.2) is 0 Å². The zero-order valence-electron chi connectivity index (χ0n) is 26.9. The zero-order chi connectivity index (χ0) is 40.2. The number of aliphatic hydroxyl groups is 6. The normalized spacial score (nSPS) is 12.0. The molecule has 0 bridgehead atoms. The summed E-state index contributed by atoms with van der Waals surface area (Å²) in [5, 5.41) is 71.3. The topological polar surface area (TPSA) is 296 Å². The minimum atomic E-state index is -1.27. The van der Waals surface area contributed by atoms with E-state index >= 15 is 0 Å². The van der Waals surface area contributed by atoms with Crippen LogP contribution in [-0.2, 0) is 9.59 Å². The van der Waals surface area contributed by atoms with Crippen molar-refractivity contribution in [3.05, 3.63) is 43.7 Å². The maximum atomic E-state index is 13.4. The van der Waals surface area contributed by atoms with E-state index < -0.39 is 67.3 Å². The van der Waals surface area contributed by atoms with E-state index in [1.54, 1.807) is 136 Å². The molecule has 0 spiro atoms. The predicted molar refractivity (Wildman–Crippen MR) is 241 cm³/mol. The number of benzene rings is 2. The molecule has 53 heavy (non-hydrogen) atoms. The highest BCUT2D eigenvalue weighted by atomic mass is 127. The van der Waals surface area contributed by atoms with Crippen LogP contribution in [0.2, 0.25) is 0 Å². The van der Waals surface area contributed by atoms with Crippen LogP contribution in [0.1, 0.15) is 47.9 Å². The molecule has 24 heteroatoms. The average molecular weight is 1420 g/mol. The van der Waals surface area contributed by atoms with Gasteiger partial charge >= 0.3 is 0 Å². The van der Waals surface area contributed by atoms with Crippen molar-refractivity contribution in [3.8, 4) is 0 Å². The summed E-state index contributed by atoms with van der Waals surface area (Å²) in [4.78, 5) is 79.6. The number of hydrogen-bond acceptors (Lipinski definition) is 12. The van der Waals surface area contributed by atoms with Crippen molar-refractivity contribution in [2.75, 3.05) is 63.2 Å². The lowest BCUT2D eigenvalue weighted by molar-refractivity contribution is -0.123. The number of rotatable bonds is 18. The molecular weight excluding hydrogens is 1390 g/mol. The second kappa shape index (κ2) is 23.6. The molecule has 0 saturated heterocycles. The molecule has 12 N–H and O–H groups in total. The largest absolute Gasteiger partial charge is 0.395 e. The molecule has 18 nitrogen and oxygen atoms in total. The highest BCUT2D eigenvalue weighted by molar-refractivity contribution is 14.1. The molecule has 2 rings (SSSR count). The molecule has 0 radical (unpaired) electrons. The third-order valence-corrected chi connectivity index (χ3v) is 13.1. The van der Waals surface area contributed by atoms with Crippen molar-refractivity contribution >= 4 is 182 Å². The molecule has 0 aliphatic heterocycles. The summed E-state index contributed by atoms with van der Waals surface area (Å²) in [6, 6.07) is 0. The first-order valence-electron chi connectivity index (χ1n) is 14.9. The molecule has 0 heterocycles. The monoisotopic (exact) mass is 1420 g/mol. The van der Waals surface area contributed by atoms with Crippen molar-refractivity contribution in [1.29, 1.82) is 0 Å². The van der Waals surface area contributed by atoms with Crippen LogP contribution in [0.4, 0.5) is 11.4 Å². The zero-order valence-corrected chi connectivity index (χ0v) is 39.9. The smallest absolute Gasteiger partial charge is 0.253 e. The Balaban J connectivity index is 2.55. The van der Waals surface area contributed by atoms with Crippen molar-refractivity contribution in [1.82, 2.24) is 21.3 Å². The molecule has 0 aliphatic carbocycles. The van der Waals surface area contributed by atoms with Gasteiger partial charge in [0.25, 0.3) is 23.6 Å². The van der Waals surface area contributed by atoms with Gasteiger partial charge < -0.3 is 62.5 Å². The van der Waals surface area contributed by atoms with E-state index in [0.717, 1.165) is 0 Å². The first-order valence-corrected chi connectivity index (χ1v) is 21.4. The van der Waals surface area contributed by atoms with Crippen molar-refractivity contribution in [2.45, 2.75) is 18.6 Å². The van der Waals surface area contributed by atoms with E-state index in [0.29, 0.717) is 0 Å². The Morgan fingerprint density at radius 2 is 0.755 bits per heavy atom. The van der Waals surface area contributed by atoms with Gasteiger partial charge in [0.2, 0.25) is 11.8 Å². The Hall–Kier alpha value is -0.600. The Morgan fingerprint density at radius 1 is 0.472 bits per heavy atom. The van der Waals surface area contributed by atoms with Crippen molar-refractivity contribution in [3.63, 3.8) is 0 Å². The fourth-order valence-electron chi connectivity index (χ4n) is 4.10. The van der Waals surface area contributed by atoms with E-state index in [-0.39, 0.29) is 94.4 Å². The molecule has 2 aromatic rings. The van der Waals surface area contributed by atoms with Crippen molar-refractivity contribution in [2.24, 2.45) is 0 Å². The van der Waals surface area contributed by atoms with Crippen LogP contribution < -0.4 is 31.9 Å². The molecule has 0 fully saturated rings. The Labute approximate surface area is 383 Å². The number of halogens is 6. The van der Waals surface area contributed by atoms with Gasteiger partial charge in [-0.05, 0) is 136 Å². The van der Waals surface area contributed by atoms with Crippen LogP contribution in [0.3, 0.4) is 0 Å². The average Bonchev–Trinajstić information content (AvgIpc) is 3.11. The lowest BCUT2D eigenvalue weighted by Crippen LogP contribution is -2.36. The Bertz CT molecular complexity index is 1630. The fraction of sp³-hybridized carbons (Fsp3) is 0.379. The SMILES string of the molecule is O=C(CC(=O)Nc1c(I)c(C(=O)NCCO)c(I)c(C(=O)NCC(O)CO)c1I)Nc1c(I)c(C(=O)NCCO)c(I)c(C(=O)NCC(O)CO)c1I. The minimum Gasteiger partial charge on any atom is -0.395 e. The van der Waals surface area contributed by atoms with Gasteiger partial charge in [-0.3, -0.25) is 28.8 Å². The first-order chi connectivity index (χ1) is 25.0. The number of carbonyl (C=O) groups is 6. The number of hydrogen-bond donors (Lipinski definition) is 12. The predicted octanol–water partition coefficient (Wildman–Crippen LogP) is -0.108. The standard InChI is InChI=1S/C29H32I6N6O12/c30-18-14(26(50)36-1-3-42)20(32)24(22(34)16(18)28(52)38-6-10(46)8-44)40-12(48)5-13(49)41-25-21(33)15(27(51)37-2-4-43)19(31)17(23(25)35)29(53)39-7-11(47)9-45/h10-11,42-47H,1-9H2,(H,36,50)(H,37,51)(H,38,52)(H,39,53)(H,40,48)(H,41,49). The van der Waals surface area contributed by atoms with Gasteiger partial charge in [-0.15, -0.1) is 0 Å². The molecule has 0 saturated carbocycles. The van der Waals surface area contributed by atoms with E-state index in [2.05, 4.69) is 31.9 Å². The molecular formula is C29H32I6N6O12. The Morgan fingerprint density at radius 3 is 1.02 bits per heavy atom. The maximum Gasteiger partial charge on any atom is 0.253 e. The third-order valence-electron chi connectivity index (χ3n) is 6.60. The van der Waals surface area contributed by atoms with Crippen LogP contribution in [0.25, 0.3) is 0 Å². The summed E-state index contributed by atoms with van der Waals surface area (Å²) >= 11 is 10.7. The van der Waals surface area contributed by atoms with Gasteiger partial charge in [-0.1, -0.05) is 0 Å². The summed E-state index contributed by atoms with van der Waals surface area (Å²) in [5.74, 6) is -4.57. The summed E-state index contributed by atoms with van der Waals surface area (Å²) in [6.07, 6.45) is -3.35. The van der Waals surface area contributed by atoms with Gasteiger partial charge in [-0.2, -0.15) is 0 Å². The van der Waals surface area contributed by atoms with Gasteiger partial charge in [0, 0.05) is 33.3 Å². The van der Waals surface area contributed by atoms with E-state index in [4.69, 9.17) is 10.2 Å². The lowest BCUT2D eigenvalue weighted by Gasteiger charge is -2.21. The number of carbonyl (C=O) groups excluding carboxylic acids is 6. The molecule has 0 aromatic heterocycles. The highest BCUT2D eigenvalue weighted by Crippen LogP contribution is 2.37. The van der Waals surface area contributed by atoms with Crippen molar-refractivity contribution < 1.29 is 59.4 Å². The minimum absolute atomic E-state index is 0.0108. The number of aliphatic hydroxyl groups excluding tert-OH is 6. The van der Waals surface area contributed by atoms with Gasteiger partial charge in [0.1, 0.15) is 6.42 Å². The summed E-state index contributed by atoms with van der Waals surface area (Å²) in [5.41, 5.74) is -0.0932. The third kappa shape index (κ3) is 13.2. The number of anilines is 2. The summed E-state index contributed by atoms with van der Waals surface area (Å²) < 4.78 is 1.14. The molecule has 2 unspecified atom stereocenters. The second-order valence-electron chi connectivity index (χ2n) is 10.5. The summed E-state index contributed by atoms with van der Waals surface area (Å²) in [6.45, 7) is -2.87. The van der Waals surface area contributed by atoms with Crippen LogP contribution in [0, 0.1) is 21.4 Å². The molecule has 0 aliphatic rings. The van der Waals surface area contributed by atoms with E-state index in [1.165, 1.54) is 0 Å².